The number of imide groups is 2. The lowest BCUT2D eigenvalue weighted by Crippen LogP contribution is -2.63. The molecule has 4 amide bonds. The van der Waals surface area contributed by atoms with E-state index in [9.17, 15) is 19.2 Å². The zero-order valence-electron chi connectivity index (χ0n) is 18.9. The summed E-state index contributed by atoms with van der Waals surface area (Å²) < 4.78 is 0. The molecule has 6 heteroatoms. The number of nitrogens with zero attached hydrogens (tertiary/aromatic N) is 2. The van der Waals surface area contributed by atoms with Crippen LogP contribution in [0.15, 0.2) is 60.7 Å². The standard InChI is InChI=1S/C28H24N2O4/c1-13-3-7-15(8-4-13)29-25(31)21-17-11-12-18(22(21)26(29)32)20-19(17)23-24(20)28(34)30(27(23)33)16-9-5-14(2)6-10-16/h3-12,17-24H,1-2H3/t17-,18+,19-,20-,21+,22-,23-,24-/m0/s1. The summed E-state index contributed by atoms with van der Waals surface area (Å²) in [5, 5.41) is 0. The Morgan fingerprint density at radius 2 is 0.824 bits per heavy atom. The van der Waals surface area contributed by atoms with E-state index in [0.29, 0.717) is 11.4 Å². The number of fused-ring (bicyclic) bond motifs is 1. The summed E-state index contributed by atoms with van der Waals surface area (Å²) in [5.74, 6) is -2.92. The quantitative estimate of drug-likeness (QED) is 0.518. The third-order valence-corrected chi connectivity index (χ3v) is 8.93. The number of aryl methyl sites for hydroxylation is 2. The fourth-order valence-corrected chi connectivity index (χ4v) is 7.50. The summed E-state index contributed by atoms with van der Waals surface area (Å²) >= 11 is 0. The Hall–Kier alpha value is -3.54. The molecule has 0 N–H and O–H groups in total. The van der Waals surface area contributed by atoms with Crippen LogP contribution < -0.4 is 9.80 Å². The van der Waals surface area contributed by atoms with Gasteiger partial charge in [-0.15, -0.1) is 0 Å². The molecule has 6 aliphatic rings. The Bertz CT molecular complexity index is 1250. The molecule has 0 radical (unpaired) electrons. The molecule has 2 bridgehead atoms. The number of hydrogen-bond donors (Lipinski definition) is 0. The smallest absolute Gasteiger partial charge is 0.238 e. The summed E-state index contributed by atoms with van der Waals surface area (Å²) in [6.07, 6.45) is 4.08. The highest BCUT2D eigenvalue weighted by atomic mass is 16.2. The van der Waals surface area contributed by atoms with E-state index in [0.717, 1.165) is 11.1 Å². The first-order valence-corrected chi connectivity index (χ1v) is 12.0. The average Bonchev–Trinajstić information content (AvgIpc) is 3.19. The molecule has 0 unspecified atom stereocenters. The Morgan fingerprint density at radius 3 is 1.18 bits per heavy atom. The third-order valence-electron chi connectivity index (χ3n) is 8.93. The number of rotatable bonds is 2. The van der Waals surface area contributed by atoms with Crippen molar-refractivity contribution in [2.45, 2.75) is 13.8 Å². The first kappa shape index (κ1) is 19.9. The lowest BCUT2D eigenvalue weighted by Gasteiger charge is -2.60. The Morgan fingerprint density at radius 1 is 0.500 bits per heavy atom. The largest absolute Gasteiger partial charge is 0.274 e. The molecule has 2 aliphatic heterocycles. The topological polar surface area (TPSA) is 74.8 Å². The molecule has 2 saturated carbocycles. The van der Waals surface area contributed by atoms with Gasteiger partial charge in [0.15, 0.2) is 0 Å². The van der Waals surface area contributed by atoms with Crippen molar-refractivity contribution in [2.75, 3.05) is 9.80 Å². The van der Waals surface area contributed by atoms with Gasteiger partial charge in [0.1, 0.15) is 0 Å². The van der Waals surface area contributed by atoms with E-state index in [2.05, 4.69) is 0 Å². The van der Waals surface area contributed by atoms with Gasteiger partial charge in [0.25, 0.3) is 0 Å². The van der Waals surface area contributed by atoms with Gasteiger partial charge in [0, 0.05) is 0 Å². The number of hydrogen-bond acceptors (Lipinski definition) is 4. The SMILES string of the molecule is Cc1ccc(N2C(=O)[C@@H]3[C@@H](C2=O)[C@H]2[C@H]4C=C[C@H]([C@H]5C(=O)N(c6ccc(C)cc6)C(=O)[C@@H]45)[C@H]32)cc1. The highest BCUT2D eigenvalue weighted by molar-refractivity contribution is 6.25. The molecule has 0 spiro atoms. The number of anilines is 2. The second kappa shape index (κ2) is 6.53. The molecule has 2 saturated heterocycles. The van der Waals surface area contributed by atoms with E-state index in [1.54, 1.807) is 0 Å². The zero-order valence-corrected chi connectivity index (χ0v) is 18.9. The maximum absolute atomic E-state index is 13.6. The minimum atomic E-state index is -0.456. The molecule has 6 nitrogen and oxygen atoms in total. The molecule has 0 aromatic heterocycles. The number of amides is 4. The van der Waals surface area contributed by atoms with Crippen molar-refractivity contribution in [3.63, 3.8) is 0 Å². The zero-order chi connectivity index (χ0) is 23.5. The molecule has 2 heterocycles. The summed E-state index contributed by atoms with van der Waals surface area (Å²) in [5.41, 5.74) is 3.32. The van der Waals surface area contributed by atoms with Crippen LogP contribution in [0.25, 0.3) is 0 Å². The minimum absolute atomic E-state index is 0.0668. The first-order valence-electron chi connectivity index (χ1n) is 12.0. The van der Waals surface area contributed by atoms with Crippen molar-refractivity contribution in [3.05, 3.63) is 71.8 Å². The van der Waals surface area contributed by atoms with E-state index in [4.69, 9.17) is 0 Å². The first-order chi connectivity index (χ1) is 16.4. The molecule has 4 fully saturated rings. The summed E-state index contributed by atoms with van der Waals surface area (Å²) in [4.78, 5) is 56.7. The number of carbonyl (C=O) groups excluding carboxylic acids is 4. The van der Waals surface area contributed by atoms with Crippen LogP contribution in [0.3, 0.4) is 0 Å². The predicted octanol–water partition coefficient (Wildman–Crippen LogP) is 3.28. The lowest BCUT2D eigenvalue weighted by molar-refractivity contribution is -0.166. The minimum Gasteiger partial charge on any atom is -0.274 e. The lowest BCUT2D eigenvalue weighted by atomic mass is 9.40. The fourth-order valence-electron chi connectivity index (χ4n) is 7.50. The van der Waals surface area contributed by atoms with Gasteiger partial charge in [0.2, 0.25) is 23.6 Å². The molecule has 8 atom stereocenters. The highest BCUT2D eigenvalue weighted by Gasteiger charge is 2.75. The second-order valence-electron chi connectivity index (χ2n) is 10.5. The average molecular weight is 453 g/mol. The van der Waals surface area contributed by atoms with Crippen molar-refractivity contribution >= 4 is 35.0 Å². The molecule has 8 rings (SSSR count). The summed E-state index contributed by atoms with van der Waals surface area (Å²) in [7, 11) is 0. The van der Waals surface area contributed by atoms with Crippen LogP contribution in [0, 0.1) is 61.2 Å². The molecular weight excluding hydrogens is 428 g/mol. The maximum Gasteiger partial charge on any atom is 0.238 e. The molecule has 4 aliphatic carbocycles. The molecule has 2 aromatic carbocycles. The Labute approximate surface area is 197 Å². The van der Waals surface area contributed by atoms with Crippen LogP contribution in [-0.4, -0.2) is 23.6 Å². The van der Waals surface area contributed by atoms with Gasteiger partial charge in [-0.05, 0) is 61.8 Å². The van der Waals surface area contributed by atoms with Crippen molar-refractivity contribution in [1.29, 1.82) is 0 Å². The van der Waals surface area contributed by atoms with Gasteiger partial charge in [-0.1, -0.05) is 47.5 Å². The van der Waals surface area contributed by atoms with Crippen LogP contribution in [0.1, 0.15) is 11.1 Å². The van der Waals surface area contributed by atoms with Crippen LogP contribution in [0.2, 0.25) is 0 Å². The van der Waals surface area contributed by atoms with Crippen LogP contribution in [-0.2, 0) is 19.2 Å². The molecule has 170 valence electrons. The number of allylic oxidation sites excluding steroid dienone is 2. The van der Waals surface area contributed by atoms with Gasteiger partial charge in [0.05, 0.1) is 35.0 Å². The molecular formula is C28H24N2O4. The van der Waals surface area contributed by atoms with Crippen molar-refractivity contribution < 1.29 is 19.2 Å². The second-order valence-corrected chi connectivity index (χ2v) is 10.5. The fraction of sp³-hybridized carbons (Fsp3) is 0.357. The highest BCUT2D eigenvalue weighted by Crippen LogP contribution is 2.68. The van der Waals surface area contributed by atoms with Crippen molar-refractivity contribution in [2.24, 2.45) is 47.3 Å². The van der Waals surface area contributed by atoms with E-state index in [-0.39, 0.29) is 47.3 Å². The predicted molar refractivity (Wildman–Crippen MR) is 124 cm³/mol. The molecule has 34 heavy (non-hydrogen) atoms. The van der Waals surface area contributed by atoms with E-state index < -0.39 is 23.7 Å². The Balaban J connectivity index is 1.25. The normalized spacial score (nSPS) is 37.1. The maximum atomic E-state index is 13.6. The van der Waals surface area contributed by atoms with Gasteiger partial charge >= 0.3 is 0 Å². The van der Waals surface area contributed by atoms with Crippen LogP contribution in [0.4, 0.5) is 11.4 Å². The summed E-state index contributed by atoms with van der Waals surface area (Å²) in [6, 6.07) is 14.8. The van der Waals surface area contributed by atoms with Gasteiger partial charge < -0.3 is 0 Å². The van der Waals surface area contributed by atoms with Crippen molar-refractivity contribution in [1.82, 2.24) is 0 Å². The Kier molecular flexibility index (Phi) is 3.82. The van der Waals surface area contributed by atoms with Crippen LogP contribution in [0.5, 0.6) is 0 Å². The number of carbonyl (C=O) groups is 4. The van der Waals surface area contributed by atoms with Gasteiger partial charge in [-0.3, -0.25) is 29.0 Å². The van der Waals surface area contributed by atoms with E-state index in [1.807, 2.05) is 74.5 Å². The van der Waals surface area contributed by atoms with Gasteiger partial charge in [-0.25, -0.2) is 0 Å². The monoisotopic (exact) mass is 452 g/mol. The van der Waals surface area contributed by atoms with Gasteiger partial charge in [-0.2, -0.15) is 0 Å². The summed E-state index contributed by atoms with van der Waals surface area (Å²) in [6.45, 7) is 3.93. The third kappa shape index (κ3) is 2.26. The molecule has 2 aromatic rings. The van der Waals surface area contributed by atoms with E-state index in [1.165, 1.54) is 9.80 Å². The van der Waals surface area contributed by atoms with E-state index >= 15 is 0 Å². The number of benzene rings is 2. The van der Waals surface area contributed by atoms with Crippen LogP contribution >= 0.6 is 0 Å². The van der Waals surface area contributed by atoms with Crippen molar-refractivity contribution in [3.8, 4) is 0 Å².